The van der Waals surface area contributed by atoms with E-state index in [1.807, 2.05) is 50.9 Å². The normalized spacial score (nSPS) is 11.3. The molecule has 0 fully saturated rings. The summed E-state index contributed by atoms with van der Waals surface area (Å²) in [5, 5.41) is 0. The molecule has 0 radical (unpaired) electrons. The van der Waals surface area contributed by atoms with E-state index in [2.05, 4.69) is 14.7 Å². The summed E-state index contributed by atoms with van der Waals surface area (Å²) >= 11 is 0. The zero-order valence-electron chi connectivity index (χ0n) is 15.8. The second-order valence-electron chi connectivity index (χ2n) is 6.48. The molecule has 0 aliphatic carbocycles. The highest BCUT2D eigenvalue weighted by molar-refractivity contribution is 7.92. The van der Waals surface area contributed by atoms with Gasteiger partial charge in [-0.05, 0) is 63.2 Å². The van der Waals surface area contributed by atoms with Gasteiger partial charge in [-0.15, -0.1) is 0 Å². The number of aryl methyl sites for hydroxylation is 3. The molecule has 1 N–H and O–H groups in total. The number of rotatable bonds is 5. The van der Waals surface area contributed by atoms with Crippen LogP contribution in [0, 0.1) is 20.8 Å². The highest BCUT2D eigenvalue weighted by Gasteiger charge is 2.14. The summed E-state index contributed by atoms with van der Waals surface area (Å²) in [6, 6.07) is 15.8. The van der Waals surface area contributed by atoms with Gasteiger partial charge in [0.05, 0.1) is 4.90 Å². The topological polar surface area (TPSA) is 75.2 Å². The van der Waals surface area contributed by atoms with Gasteiger partial charge in [0.15, 0.2) is 0 Å². The third-order valence-corrected chi connectivity index (χ3v) is 5.51. The number of anilines is 3. The second kappa shape index (κ2) is 7.36. The lowest BCUT2D eigenvalue weighted by Crippen LogP contribution is -2.15. The van der Waals surface area contributed by atoms with Gasteiger partial charge in [-0.25, -0.2) is 18.4 Å². The van der Waals surface area contributed by atoms with Crippen LogP contribution in [0.25, 0.3) is 0 Å². The highest BCUT2D eigenvalue weighted by Crippen LogP contribution is 2.24. The second-order valence-corrected chi connectivity index (χ2v) is 8.16. The van der Waals surface area contributed by atoms with Crippen LogP contribution in [0.4, 0.5) is 17.3 Å². The molecule has 0 spiro atoms. The molecule has 0 aliphatic rings. The number of hydrogen-bond acceptors (Lipinski definition) is 5. The Bertz CT molecular complexity index is 1030. The predicted octanol–water partition coefficient (Wildman–Crippen LogP) is 3.97. The minimum Gasteiger partial charge on any atom is -0.314 e. The first-order chi connectivity index (χ1) is 12.7. The number of nitrogens with zero attached hydrogens (tertiary/aromatic N) is 3. The fourth-order valence-electron chi connectivity index (χ4n) is 2.66. The standard InChI is InChI=1S/C20H22N4O2S/c1-14-5-11-19(12-6-14)27(25,26)23-17-7-9-18(10-8-17)24(4)20-21-15(2)13-16(3)22-20/h5-13,23H,1-4H3. The van der Waals surface area contributed by atoms with E-state index >= 15 is 0 Å². The molecular weight excluding hydrogens is 360 g/mol. The summed E-state index contributed by atoms with van der Waals surface area (Å²) < 4.78 is 27.6. The first-order valence-electron chi connectivity index (χ1n) is 8.50. The van der Waals surface area contributed by atoms with E-state index in [1.54, 1.807) is 36.4 Å². The molecule has 0 saturated heterocycles. The van der Waals surface area contributed by atoms with Gasteiger partial charge in [-0.2, -0.15) is 0 Å². The molecule has 6 nitrogen and oxygen atoms in total. The predicted molar refractivity (Wildman–Crippen MR) is 108 cm³/mol. The van der Waals surface area contributed by atoms with Gasteiger partial charge >= 0.3 is 0 Å². The smallest absolute Gasteiger partial charge is 0.261 e. The summed E-state index contributed by atoms with van der Waals surface area (Å²) in [6.45, 7) is 5.77. The third-order valence-electron chi connectivity index (χ3n) is 4.11. The Labute approximate surface area is 160 Å². The van der Waals surface area contributed by atoms with Gasteiger partial charge < -0.3 is 4.90 Å². The molecule has 0 atom stereocenters. The fourth-order valence-corrected chi connectivity index (χ4v) is 3.72. The van der Waals surface area contributed by atoms with E-state index in [4.69, 9.17) is 0 Å². The first kappa shape index (κ1) is 18.8. The Morgan fingerprint density at radius 2 is 1.41 bits per heavy atom. The van der Waals surface area contributed by atoms with Crippen molar-refractivity contribution in [1.82, 2.24) is 9.97 Å². The molecule has 2 aromatic carbocycles. The molecule has 0 bridgehead atoms. The van der Waals surface area contributed by atoms with Crippen molar-refractivity contribution < 1.29 is 8.42 Å². The number of sulfonamides is 1. The Morgan fingerprint density at radius 3 is 1.96 bits per heavy atom. The summed E-state index contributed by atoms with van der Waals surface area (Å²) in [4.78, 5) is 11.0. The van der Waals surface area contributed by atoms with Crippen LogP contribution in [0.15, 0.2) is 59.5 Å². The van der Waals surface area contributed by atoms with Crippen molar-refractivity contribution in [3.8, 4) is 0 Å². The molecule has 1 aromatic heterocycles. The minimum absolute atomic E-state index is 0.234. The average Bonchev–Trinajstić information content (AvgIpc) is 2.61. The molecule has 0 saturated carbocycles. The van der Waals surface area contributed by atoms with Crippen LogP contribution in [-0.2, 0) is 10.0 Å². The van der Waals surface area contributed by atoms with Crippen LogP contribution in [0.1, 0.15) is 17.0 Å². The molecular formula is C20H22N4O2S. The van der Waals surface area contributed by atoms with Gasteiger partial charge in [0.2, 0.25) is 5.95 Å². The zero-order chi connectivity index (χ0) is 19.6. The van der Waals surface area contributed by atoms with E-state index in [-0.39, 0.29) is 4.90 Å². The molecule has 140 valence electrons. The van der Waals surface area contributed by atoms with Crippen molar-refractivity contribution in [2.45, 2.75) is 25.7 Å². The van der Waals surface area contributed by atoms with Gasteiger partial charge in [-0.3, -0.25) is 4.72 Å². The lowest BCUT2D eigenvalue weighted by molar-refractivity contribution is 0.601. The first-order valence-corrected chi connectivity index (χ1v) is 9.98. The molecule has 7 heteroatoms. The van der Waals surface area contributed by atoms with Crippen LogP contribution >= 0.6 is 0 Å². The summed E-state index contributed by atoms with van der Waals surface area (Å²) in [6.07, 6.45) is 0. The molecule has 0 amide bonds. The summed E-state index contributed by atoms with van der Waals surface area (Å²) in [5.74, 6) is 0.598. The number of benzene rings is 2. The molecule has 0 unspecified atom stereocenters. The Hall–Kier alpha value is -2.93. The number of aromatic nitrogens is 2. The van der Waals surface area contributed by atoms with Gasteiger partial charge in [0.1, 0.15) is 0 Å². The molecule has 0 aliphatic heterocycles. The largest absolute Gasteiger partial charge is 0.314 e. The van der Waals surface area contributed by atoms with Crippen LogP contribution < -0.4 is 9.62 Å². The van der Waals surface area contributed by atoms with E-state index in [0.29, 0.717) is 11.6 Å². The SMILES string of the molecule is Cc1ccc(S(=O)(=O)Nc2ccc(N(C)c3nc(C)cc(C)n3)cc2)cc1. The third kappa shape index (κ3) is 4.43. The fraction of sp³-hybridized carbons (Fsp3) is 0.200. The van der Waals surface area contributed by atoms with Gasteiger partial charge in [-0.1, -0.05) is 17.7 Å². The van der Waals surface area contributed by atoms with Crippen molar-refractivity contribution in [2.75, 3.05) is 16.7 Å². The van der Waals surface area contributed by atoms with Crippen molar-refractivity contribution in [1.29, 1.82) is 0 Å². The monoisotopic (exact) mass is 382 g/mol. The molecule has 27 heavy (non-hydrogen) atoms. The van der Waals surface area contributed by atoms with Crippen LogP contribution in [0.5, 0.6) is 0 Å². The van der Waals surface area contributed by atoms with Crippen molar-refractivity contribution in [2.24, 2.45) is 0 Å². The molecule has 3 aromatic rings. The summed E-state index contributed by atoms with van der Waals surface area (Å²) in [7, 11) is -1.74. The van der Waals surface area contributed by atoms with Gasteiger partial charge in [0.25, 0.3) is 10.0 Å². The number of nitrogens with one attached hydrogen (secondary N) is 1. The maximum absolute atomic E-state index is 12.5. The average molecular weight is 382 g/mol. The summed E-state index contributed by atoms with van der Waals surface area (Å²) in [5.41, 5.74) is 4.15. The zero-order valence-corrected chi connectivity index (χ0v) is 16.6. The van der Waals surface area contributed by atoms with E-state index in [1.165, 1.54) is 0 Å². The van der Waals surface area contributed by atoms with Crippen LogP contribution in [-0.4, -0.2) is 25.4 Å². The van der Waals surface area contributed by atoms with E-state index in [0.717, 1.165) is 22.6 Å². The van der Waals surface area contributed by atoms with Crippen molar-refractivity contribution >= 4 is 27.3 Å². The Balaban J connectivity index is 1.79. The van der Waals surface area contributed by atoms with Crippen molar-refractivity contribution in [3.05, 3.63) is 71.5 Å². The maximum Gasteiger partial charge on any atom is 0.261 e. The quantitative estimate of drug-likeness (QED) is 0.723. The number of hydrogen-bond donors (Lipinski definition) is 1. The molecule has 3 rings (SSSR count). The van der Waals surface area contributed by atoms with E-state index < -0.39 is 10.0 Å². The van der Waals surface area contributed by atoms with Crippen LogP contribution in [0.2, 0.25) is 0 Å². The lowest BCUT2D eigenvalue weighted by Gasteiger charge is -2.18. The minimum atomic E-state index is -3.61. The van der Waals surface area contributed by atoms with Crippen molar-refractivity contribution in [3.63, 3.8) is 0 Å². The van der Waals surface area contributed by atoms with E-state index in [9.17, 15) is 8.42 Å². The highest BCUT2D eigenvalue weighted by atomic mass is 32.2. The lowest BCUT2D eigenvalue weighted by atomic mass is 10.2. The molecule has 1 heterocycles. The van der Waals surface area contributed by atoms with Crippen LogP contribution in [0.3, 0.4) is 0 Å². The van der Waals surface area contributed by atoms with Gasteiger partial charge in [0, 0.05) is 29.8 Å². The maximum atomic E-state index is 12.5. The Kier molecular flexibility index (Phi) is 5.14. The Morgan fingerprint density at radius 1 is 0.852 bits per heavy atom.